The second-order valence-corrected chi connectivity index (χ2v) is 6.42. The van der Waals surface area contributed by atoms with Gasteiger partial charge < -0.3 is 14.5 Å². The third-order valence-electron chi connectivity index (χ3n) is 4.15. The Labute approximate surface area is 151 Å². The topological polar surface area (TPSA) is 32.8 Å². The van der Waals surface area contributed by atoms with Crippen LogP contribution in [0.4, 0.5) is 5.69 Å². The molecular weight excluding hydrogens is 347 g/mol. The third-order valence-corrected chi connectivity index (χ3v) is 4.71. The summed E-state index contributed by atoms with van der Waals surface area (Å²) in [7, 11) is 1.54. The van der Waals surface area contributed by atoms with E-state index in [9.17, 15) is 4.79 Å². The first-order valence-corrected chi connectivity index (χ1v) is 8.48. The molecule has 0 unspecified atom stereocenters. The van der Waals surface area contributed by atoms with Crippen molar-refractivity contribution >= 4 is 34.8 Å². The molecule has 1 fully saturated rings. The molecule has 0 atom stereocenters. The van der Waals surface area contributed by atoms with Crippen LogP contribution < -0.4 is 9.64 Å². The van der Waals surface area contributed by atoms with Crippen molar-refractivity contribution in [2.45, 2.75) is 0 Å². The quantitative estimate of drug-likeness (QED) is 0.825. The third kappa shape index (κ3) is 3.45. The molecule has 0 radical (unpaired) electrons. The van der Waals surface area contributed by atoms with E-state index >= 15 is 0 Å². The molecule has 1 saturated heterocycles. The van der Waals surface area contributed by atoms with Crippen LogP contribution in [0, 0.1) is 0 Å². The minimum absolute atomic E-state index is 0.0395. The van der Waals surface area contributed by atoms with E-state index < -0.39 is 0 Å². The van der Waals surface area contributed by atoms with Gasteiger partial charge in [0.1, 0.15) is 5.75 Å². The predicted octanol–water partition coefficient (Wildman–Crippen LogP) is 3.96. The molecule has 1 aliphatic rings. The maximum atomic E-state index is 12.8. The number of carbonyl (C=O) groups is 1. The van der Waals surface area contributed by atoms with Crippen molar-refractivity contribution < 1.29 is 9.53 Å². The molecule has 0 aromatic heterocycles. The molecule has 2 aromatic carbocycles. The molecule has 24 heavy (non-hydrogen) atoms. The number of hydrogen-bond donors (Lipinski definition) is 0. The summed E-state index contributed by atoms with van der Waals surface area (Å²) >= 11 is 12.2. The maximum Gasteiger partial charge on any atom is 0.257 e. The highest BCUT2D eigenvalue weighted by atomic mass is 35.5. The van der Waals surface area contributed by atoms with Gasteiger partial charge in [-0.05, 0) is 30.3 Å². The zero-order valence-electron chi connectivity index (χ0n) is 13.3. The number of hydrogen-bond acceptors (Lipinski definition) is 3. The Morgan fingerprint density at radius 2 is 1.75 bits per heavy atom. The number of nitrogens with zero attached hydrogens (tertiary/aromatic N) is 2. The van der Waals surface area contributed by atoms with Gasteiger partial charge in [0, 0.05) is 31.2 Å². The fraction of sp³-hybridized carbons (Fsp3) is 0.278. The van der Waals surface area contributed by atoms with Gasteiger partial charge in [0.15, 0.2) is 0 Å². The van der Waals surface area contributed by atoms with Crippen LogP contribution in [-0.2, 0) is 0 Å². The lowest BCUT2D eigenvalue weighted by Gasteiger charge is -2.36. The molecule has 0 spiro atoms. The Kier molecular flexibility index (Phi) is 5.17. The smallest absolute Gasteiger partial charge is 0.257 e. The van der Waals surface area contributed by atoms with Crippen LogP contribution >= 0.6 is 23.2 Å². The summed E-state index contributed by atoms with van der Waals surface area (Å²) in [5.41, 5.74) is 1.54. The molecule has 4 nitrogen and oxygen atoms in total. The minimum atomic E-state index is -0.0395. The molecule has 126 valence electrons. The molecule has 1 aliphatic heterocycles. The standard InChI is InChI=1S/C18H18Cl2N2O2/c1-24-17-12-13(19)6-7-14(17)18(23)22-10-8-21(9-11-22)16-5-3-2-4-15(16)20/h2-7,12H,8-11H2,1H3. The largest absolute Gasteiger partial charge is 0.496 e. The monoisotopic (exact) mass is 364 g/mol. The van der Waals surface area contributed by atoms with Crippen LogP contribution in [0.3, 0.4) is 0 Å². The van der Waals surface area contributed by atoms with Crippen molar-refractivity contribution in [3.8, 4) is 5.75 Å². The molecule has 0 aliphatic carbocycles. The van der Waals surface area contributed by atoms with Gasteiger partial charge in [-0.3, -0.25) is 4.79 Å². The summed E-state index contributed by atoms with van der Waals surface area (Å²) in [4.78, 5) is 16.8. The summed E-state index contributed by atoms with van der Waals surface area (Å²) in [5.74, 6) is 0.461. The van der Waals surface area contributed by atoms with Crippen molar-refractivity contribution in [2.75, 3.05) is 38.2 Å². The van der Waals surface area contributed by atoms with Gasteiger partial charge in [-0.2, -0.15) is 0 Å². The predicted molar refractivity (Wildman–Crippen MR) is 97.6 cm³/mol. The van der Waals surface area contributed by atoms with Crippen LogP contribution in [0.15, 0.2) is 42.5 Å². The fourth-order valence-electron chi connectivity index (χ4n) is 2.87. The number of halogens is 2. The first kappa shape index (κ1) is 16.9. The molecule has 0 N–H and O–H groups in total. The van der Waals surface area contributed by atoms with Crippen molar-refractivity contribution in [3.63, 3.8) is 0 Å². The van der Waals surface area contributed by atoms with E-state index in [1.165, 1.54) is 7.11 Å². The average molecular weight is 365 g/mol. The summed E-state index contributed by atoms with van der Waals surface area (Å²) in [5, 5.41) is 1.28. The fourth-order valence-corrected chi connectivity index (χ4v) is 3.29. The van der Waals surface area contributed by atoms with E-state index in [0.717, 1.165) is 23.8 Å². The van der Waals surface area contributed by atoms with Gasteiger partial charge in [0.05, 0.1) is 23.4 Å². The number of methoxy groups -OCH3 is 1. The second kappa shape index (κ2) is 7.32. The number of piperazine rings is 1. The van der Waals surface area contributed by atoms with Crippen LogP contribution in [0.2, 0.25) is 10.0 Å². The average Bonchev–Trinajstić information content (AvgIpc) is 2.61. The Morgan fingerprint density at radius 3 is 2.42 bits per heavy atom. The number of anilines is 1. The van der Waals surface area contributed by atoms with Crippen molar-refractivity contribution in [1.29, 1.82) is 0 Å². The lowest BCUT2D eigenvalue weighted by Crippen LogP contribution is -2.49. The summed E-state index contributed by atoms with van der Waals surface area (Å²) < 4.78 is 5.28. The second-order valence-electron chi connectivity index (χ2n) is 5.58. The Balaban J connectivity index is 1.71. The molecule has 0 bridgehead atoms. The summed E-state index contributed by atoms with van der Waals surface area (Å²) in [6.45, 7) is 2.75. The van der Waals surface area contributed by atoms with E-state index in [4.69, 9.17) is 27.9 Å². The highest BCUT2D eigenvalue weighted by Crippen LogP contribution is 2.28. The van der Waals surface area contributed by atoms with E-state index in [-0.39, 0.29) is 5.91 Å². The Bertz CT molecular complexity index is 744. The molecule has 1 amide bonds. The SMILES string of the molecule is COc1cc(Cl)ccc1C(=O)N1CCN(c2ccccc2Cl)CC1. The zero-order valence-corrected chi connectivity index (χ0v) is 14.8. The first-order valence-electron chi connectivity index (χ1n) is 7.72. The van der Waals surface area contributed by atoms with E-state index in [0.29, 0.717) is 29.4 Å². The van der Waals surface area contributed by atoms with Gasteiger partial charge in [0.2, 0.25) is 0 Å². The minimum Gasteiger partial charge on any atom is -0.496 e. The van der Waals surface area contributed by atoms with Gasteiger partial charge >= 0.3 is 0 Å². The maximum absolute atomic E-state index is 12.8. The molecule has 2 aromatic rings. The number of ether oxygens (including phenoxy) is 1. The highest BCUT2D eigenvalue weighted by molar-refractivity contribution is 6.33. The zero-order chi connectivity index (χ0) is 17.1. The van der Waals surface area contributed by atoms with Crippen LogP contribution in [0.1, 0.15) is 10.4 Å². The molecule has 1 heterocycles. The molecule has 6 heteroatoms. The van der Waals surface area contributed by atoms with Gasteiger partial charge in [-0.1, -0.05) is 35.3 Å². The van der Waals surface area contributed by atoms with E-state index in [1.54, 1.807) is 18.2 Å². The Hall–Kier alpha value is -1.91. The first-order chi connectivity index (χ1) is 11.6. The van der Waals surface area contributed by atoms with Crippen LogP contribution in [0.25, 0.3) is 0 Å². The van der Waals surface area contributed by atoms with Crippen LogP contribution in [0.5, 0.6) is 5.75 Å². The normalized spacial score (nSPS) is 14.6. The summed E-state index contributed by atoms with van der Waals surface area (Å²) in [6, 6.07) is 12.8. The number of amides is 1. The lowest BCUT2D eigenvalue weighted by molar-refractivity contribution is 0.0743. The number of carbonyl (C=O) groups excluding carboxylic acids is 1. The van der Waals surface area contributed by atoms with Gasteiger partial charge in [-0.15, -0.1) is 0 Å². The van der Waals surface area contributed by atoms with Gasteiger partial charge in [-0.25, -0.2) is 0 Å². The molecule has 3 rings (SSSR count). The van der Waals surface area contributed by atoms with Crippen molar-refractivity contribution in [1.82, 2.24) is 4.90 Å². The van der Waals surface area contributed by atoms with Gasteiger partial charge in [0.25, 0.3) is 5.91 Å². The number of rotatable bonds is 3. The van der Waals surface area contributed by atoms with Crippen molar-refractivity contribution in [2.24, 2.45) is 0 Å². The molecule has 0 saturated carbocycles. The van der Waals surface area contributed by atoms with E-state index in [2.05, 4.69) is 4.90 Å². The molecular formula is C18H18Cl2N2O2. The number of benzene rings is 2. The van der Waals surface area contributed by atoms with E-state index in [1.807, 2.05) is 29.2 Å². The lowest BCUT2D eigenvalue weighted by atomic mass is 10.1. The van der Waals surface area contributed by atoms with Crippen LogP contribution in [-0.4, -0.2) is 44.1 Å². The number of para-hydroxylation sites is 1. The van der Waals surface area contributed by atoms with Crippen molar-refractivity contribution in [3.05, 3.63) is 58.1 Å². The summed E-state index contributed by atoms with van der Waals surface area (Å²) in [6.07, 6.45) is 0. The highest BCUT2D eigenvalue weighted by Gasteiger charge is 2.25. The Morgan fingerprint density at radius 1 is 1.04 bits per heavy atom.